The molecule has 5 heteroatoms. The zero-order valence-corrected chi connectivity index (χ0v) is 14.7. The van der Waals surface area contributed by atoms with E-state index >= 15 is 0 Å². The molecule has 132 valence electrons. The molecule has 1 aliphatic rings. The maximum absolute atomic E-state index is 12.5. The summed E-state index contributed by atoms with van der Waals surface area (Å²) in [6.07, 6.45) is 3.76. The van der Waals surface area contributed by atoms with E-state index in [-0.39, 0.29) is 30.1 Å². The van der Waals surface area contributed by atoms with Crippen molar-refractivity contribution >= 4 is 29.4 Å². The lowest BCUT2D eigenvalue weighted by molar-refractivity contribution is -0.129. The molecule has 1 N–H and O–H groups in total. The number of hydrogen-bond donors (Lipinski definition) is 1. The predicted octanol–water partition coefficient (Wildman–Crippen LogP) is 3.79. The van der Waals surface area contributed by atoms with Crippen LogP contribution in [0.2, 0.25) is 0 Å². The highest BCUT2D eigenvalue weighted by molar-refractivity contribution is 5.96. The third-order valence-corrected chi connectivity index (χ3v) is 4.42. The van der Waals surface area contributed by atoms with Gasteiger partial charge in [-0.3, -0.25) is 14.4 Å². The summed E-state index contributed by atoms with van der Waals surface area (Å²) in [4.78, 5) is 37.4. The van der Waals surface area contributed by atoms with Crippen molar-refractivity contribution in [1.29, 1.82) is 0 Å². The maximum atomic E-state index is 12.5. The van der Waals surface area contributed by atoms with Crippen molar-refractivity contribution in [3.05, 3.63) is 71.4 Å². The molecule has 1 unspecified atom stereocenters. The molecule has 26 heavy (non-hydrogen) atoms. The van der Waals surface area contributed by atoms with Gasteiger partial charge in [0.2, 0.25) is 11.8 Å². The van der Waals surface area contributed by atoms with Crippen LogP contribution < -0.4 is 5.32 Å². The molecular formula is C21H20N2O3. The number of nitrogens with zero attached hydrogens (tertiary/aromatic N) is 1. The van der Waals surface area contributed by atoms with Gasteiger partial charge in [0.1, 0.15) is 0 Å². The molecule has 0 bridgehead atoms. The third kappa shape index (κ3) is 3.72. The molecule has 1 aliphatic heterocycles. The second-order valence-corrected chi connectivity index (χ2v) is 6.27. The van der Waals surface area contributed by atoms with E-state index in [0.29, 0.717) is 11.3 Å². The minimum absolute atomic E-state index is 0.0226. The van der Waals surface area contributed by atoms with Crippen LogP contribution in [-0.2, 0) is 9.59 Å². The normalized spacial score (nSPS) is 15.3. The first-order valence-corrected chi connectivity index (χ1v) is 8.42. The van der Waals surface area contributed by atoms with Crippen LogP contribution >= 0.6 is 0 Å². The summed E-state index contributed by atoms with van der Waals surface area (Å²) in [5, 5.41) is 2.83. The smallest absolute Gasteiger partial charge is 0.226 e. The first-order valence-electron chi connectivity index (χ1n) is 8.42. The van der Waals surface area contributed by atoms with Crippen molar-refractivity contribution in [2.24, 2.45) is 0 Å². The number of hydrogen-bond acceptors (Lipinski definition) is 3. The van der Waals surface area contributed by atoms with E-state index in [1.165, 1.54) is 13.8 Å². The van der Waals surface area contributed by atoms with Crippen LogP contribution in [0.15, 0.2) is 54.7 Å². The first-order chi connectivity index (χ1) is 12.5. The Labute approximate surface area is 152 Å². The Kier molecular flexibility index (Phi) is 4.98. The number of amides is 2. The van der Waals surface area contributed by atoms with Crippen LogP contribution in [0.3, 0.4) is 0 Å². The first kappa shape index (κ1) is 17.6. The number of benzene rings is 2. The lowest BCUT2D eigenvalue weighted by Gasteiger charge is -2.32. The van der Waals surface area contributed by atoms with Crippen molar-refractivity contribution in [2.45, 2.75) is 26.3 Å². The van der Waals surface area contributed by atoms with Crippen molar-refractivity contribution in [3.63, 3.8) is 0 Å². The van der Waals surface area contributed by atoms with Gasteiger partial charge in [0.15, 0.2) is 5.78 Å². The molecular weight excluding hydrogens is 328 g/mol. The van der Waals surface area contributed by atoms with Gasteiger partial charge in [-0.2, -0.15) is 0 Å². The van der Waals surface area contributed by atoms with Crippen molar-refractivity contribution < 1.29 is 14.4 Å². The summed E-state index contributed by atoms with van der Waals surface area (Å²) in [5.41, 5.74) is 3.17. The highest BCUT2D eigenvalue weighted by atomic mass is 16.2. The molecule has 3 rings (SSSR count). The Hall–Kier alpha value is -3.21. The van der Waals surface area contributed by atoms with Gasteiger partial charge in [-0.25, -0.2) is 0 Å². The number of anilines is 1. The standard InChI is InChI=1S/C21H20N2O3/c1-14(24)16-7-9-18(10-8-16)22-21(26)13-20-19-6-4-3-5-17(19)11-12-23(20)15(2)25/h3-12,20H,13H2,1-2H3,(H,22,26). The molecule has 1 atom stereocenters. The number of Topliss-reactive ketones (excluding diaryl/α,β-unsaturated/α-hetero) is 1. The van der Waals surface area contributed by atoms with E-state index in [4.69, 9.17) is 0 Å². The zero-order chi connectivity index (χ0) is 18.7. The SMILES string of the molecule is CC(=O)c1ccc(NC(=O)CC2c3ccccc3C=CN2C(C)=O)cc1. The van der Waals surface area contributed by atoms with Crippen LogP contribution in [0.25, 0.3) is 6.08 Å². The average molecular weight is 348 g/mol. The molecule has 0 radical (unpaired) electrons. The van der Waals surface area contributed by atoms with E-state index in [9.17, 15) is 14.4 Å². The number of nitrogens with one attached hydrogen (secondary N) is 1. The van der Waals surface area contributed by atoms with Gasteiger partial charge in [-0.05, 0) is 48.4 Å². The maximum Gasteiger partial charge on any atom is 0.226 e. The highest BCUT2D eigenvalue weighted by Gasteiger charge is 2.28. The van der Waals surface area contributed by atoms with Gasteiger partial charge in [-0.1, -0.05) is 24.3 Å². The van der Waals surface area contributed by atoms with Crippen LogP contribution in [0.1, 0.15) is 47.8 Å². The molecule has 0 saturated carbocycles. The monoisotopic (exact) mass is 348 g/mol. The Balaban J connectivity index is 1.77. The van der Waals surface area contributed by atoms with E-state index < -0.39 is 0 Å². The largest absolute Gasteiger partial charge is 0.326 e. The topological polar surface area (TPSA) is 66.5 Å². The van der Waals surface area contributed by atoms with E-state index in [2.05, 4.69) is 5.32 Å². The lowest BCUT2D eigenvalue weighted by Crippen LogP contribution is -2.33. The van der Waals surface area contributed by atoms with Crippen molar-refractivity contribution in [2.75, 3.05) is 5.32 Å². The Morgan fingerprint density at radius 1 is 1.00 bits per heavy atom. The van der Waals surface area contributed by atoms with Gasteiger partial charge in [0, 0.05) is 24.4 Å². The van der Waals surface area contributed by atoms with Crippen LogP contribution in [0.5, 0.6) is 0 Å². The number of carbonyl (C=O) groups is 3. The molecule has 0 fully saturated rings. The number of carbonyl (C=O) groups excluding carboxylic acids is 3. The van der Waals surface area contributed by atoms with Gasteiger partial charge >= 0.3 is 0 Å². The van der Waals surface area contributed by atoms with Gasteiger partial charge in [0.05, 0.1) is 12.5 Å². The highest BCUT2D eigenvalue weighted by Crippen LogP contribution is 2.33. The van der Waals surface area contributed by atoms with Gasteiger partial charge in [-0.15, -0.1) is 0 Å². The molecule has 5 nitrogen and oxygen atoms in total. The third-order valence-electron chi connectivity index (χ3n) is 4.42. The Morgan fingerprint density at radius 3 is 2.35 bits per heavy atom. The molecule has 2 aromatic carbocycles. The van der Waals surface area contributed by atoms with Crippen molar-refractivity contribution in [1.82, 2.24) is 4.90 Å². The summed E-state index contributed by atoms with van der Waals surface area (Å²) in [7, 11) is 0. The summed E-state index contributed by atoms with van der Waals surface area (Å²) in [6, 6.07) is 14.2. The molecule has 2 aromatic rings. The fourth-order valence-electron chi connectivity index (χ4n) is 3.09. The second kappa shape index (κ2) is 7.35. The summed E-state index contributed by atoms with van der Waals surface area (Å²) in [5.74, 6) is -0.327. The zero-order valence-electron chi connectivity index (χ0n) is 14.7. The van der Waals surface area contributed by atoms with Gasteiger partial charge in [0.25, 0.3) is 0 Å². The number of fused-ring (bicyclic) bond motifs is 1. The summed E-state index contributed by atoms with van der Waals surface area (Å²) >= 11 is 0. The fraction of sp³-hybridized carbons (Fsp3) is 0.190. The minimum Gasteiger partial charge on any atom is -0.326 e. The molecule has 1 heterocycles. The minimum atomic E-state index is -0.342. The second-order valence-electron chi connectivity index (χ2n) is 6.27. The van der Waals surface area contributed by atoms with Crippen LogP contribution in [-0.4, -0.2) is 22.5 Å². The molecule has 0 aromatic heterocycles. The van der Waals surface area contributed by atoms with Gasteiger partial charge < -0.3 is 10.2 Å². The predicted molar refractivity (Wildman–Crippen MR) is 100 cm³/mol. The fourth-order valence-corrected chi connectivity index (χ4v) is 3.09. The van der Waals surface area contributed by atoms with Crippen molar-refractivity contribution in [3.8, 4) is 0 Å². The molecule has 0 saturated heterocycles. The molecule has 2 amide bonds. The quantitative estimate of drug-likeness (QED) is 0.855. The average Bonchev–Trinajstić information content (AvgIpc) is 2.62. The molecule has 0 aliphatic carbocycles. The lowest BCUT2D eigenvalue weighted by atomic mass is 9.93. The van der Waals surface area contributed by atoms with E-state index in [0.717, 1.165) is 11.1 Å². The Morgan fingerprint density at radius 2 is 1.69 bits per heavy atom. The van der Waals surface area contributed by atoms with E-state index in [1.807, 2.05) is 30.3 Å². The van der Waals surface area contributed by atoms with Crippen LogP contribution in [0.4, 0.5) is 5.69 Å². The summed E-state index contributed by atoms with van der Waals surface area (Å²) in [6.45, 7) is 2.99. The van der Waals surface area contributed by atoms with E-state index in [1.54, 1.807) is 35.4 Å². The summed E-state index contributed by atoms with van der Waals surface area (Å²) < 4.78 is 0. The number of ketones is 1. The molecule has 0 spiro atoms. The van der Waals surface area contributed by atoms with Crippen LogP contribution in [0, 0.1) is 0 Å². The number of rotatable bonds is 4. The Bertz CT molecular complexity index is 884.